The summed E-state index contributed by atoms with van der Waals surface area (Å²) in [6.45, 7) is 10.0. The summed E-state index contributed by atoms with van der Waals surface area (Å²) in [7, 11) is 3.95. The number of carbonyl (C=O) groups excluding carboxylic acids is 1. The van der Waals surface area contributed by atoms with E-state index in [0.29, 0.717) is 24.3 Å². The third kappa shape index (κ3) is 9.26. The number of carbonyl (C=O) groups is 1. The highest BCUT2D eigenvalue weighted by molar-refractivity contribution is 6.45. The van der Waals surface area contributed by atoms with E-state index in [2.05, 4.69) is 42.5 Å². The number of benzene rings is 1. The molecule has 3 rings (SSSR count). The maximum absolute atomic E-state index is 11.8. The fourth-order valence-electron chi connectivity index (χ4n) is 4.21. The Hall–Kier alpha value is -3.62. The van der Waals surface area contributed by atoms with Crippen molar-refractivity contribution in [3.05, 3.63) is 74.9 Å². The standard InChI is InChI=1S/C17H20N2.C13H20N2O3.CH4O/c1-11-4-5-16(10-12(11)2)14-6-8-15(9-7-14)17(19)13(3)18;1-8-5-10(7-16)11(6-9(8)2)12(15-18-4)13(17)14-3;1-2/h5-9,18-19H,4,10H2,1-3H3;16H,5-7H2,1-4H3,(H,14,17);2H,1H3/b;15-12+;. The average molecular weight is 537 g/mol. The van der Waals surface area contributed by atoms with Gasteiger partial charge in [-0.3, -0.25) is 10.2 Å². The molecule has 2 aliphatic rings. The molecule has 0 heterocycles. The Bertz CT molecular complexity index is 1220. The van der Waals surface area contributed by atoms with Crippen LogP contribution < -0.4 is 5.32 Å². The lowest BCUT2D eigenvalue weighted by Gasteiger charge is -2.22. The molecule has 0 saturated heterocycles. The van der Waals surface area contributed by atoms with Crippen LogP contribution in [0.5, 0.6) is 0 Å². The molecule has 2 aliphatic carbocycles. The van der Waals surface area contributed by atoms with Crippen molar-refractivity contribution in [2.75, 3.05) is 27.9 Å². The van der Waals surface area contributed by atoms with Crippen molar-refractivity contribution >= 4 is 28.6 Å². The van der Waals surface area contributed by atoms with E-state index in [9.17, 15) is 9.90 Å². The molecule has 5 N–H and O–H groups in total. The number of nitrogens with one attached hydrogen (secondary N) is 3. The van der Waals surface area contributed by atoms with E-state index in [1.807, 2.05) is 26.0 Å². The number of nitrogens with zero attached hydrogens (tertiary/aromatic N) is 1. The van der Waals surface area contributed by atoms with E-state index < -0.39 is 0 Å². The van der Waals surface area contributed by atoms with Crippen molar-refractivity contribution in [3.8, 4) is 0 Å². The molecule has 0 unspecified atom stereocenters. The van der Waals surface area contributed by atoms with Crippen LogP contribution >= 0.6 is 0 Å². The first-order valence-corrected chi connectivity index (χ1v) is 12.9. The summed E-state index contributed by atoms with van der Waals surface area (Å²) in [5, 5.41) is 38.1. The minimum atomic E-state index is -0.301. The van der Waals surface area contributed by atoms with E-state index in [-0.39, 0.29) is 18.2 Å². The van der Waals surface area contributed by atoms with Crippen molar-refractivity contribution in [3.63, 3.8) is 0 Å². The highest BCUT2D eigenvalue weighted by atomic mass is 16.6. The van der Waals surface area contributed by atoms with Crippen LogP contribution in [0.25, 0.3) is 5.57 Å². The van der Waals surface area contributed by atoms with E-state index in [0.717, 1.165) is 36.7 Å². The summed E-state index contributed by atoms with van der Waals surface area (Å²) in [5.74, 6) is -0.301. The first-order valence-electron chi connectivity index (χ1n) is 12.9. The molecule has 39 heavy (non-hydrogen) atoms. The predicted molar refractivity (Wildman–Crippen MR) is 161 cm³/mol. The van der Waals surface area contributed by atoms with Gasteiger partial charge in [0.2, 0.25) is 0 Å². The maximum atomic E-state index is 11.8. The van der Waals surface area contributed by atoms with Gasteiger partial charge in [0.15, 0.2) is 5.71 Å². The average Bonchev–Trinajstić information content (AvgIpc) is 2.95. The number of amides is 1. The first kappa shape index (κ1) is 33.4. The molecular weight excluding hydrogens is 492 g/mol. The molecule has 212 valence electrons. The molecule has 0 fully saturated rings. The van der Waals surface area contributed by atoms with Gasteiger partial charge >= 0.3 is 0 Å². The van der Waals surface area contributed by atoms with E-state index in [1.165, 1.54) is 40.5 Å². The van der Waals surface area contributed by atoms with E-state index in [4.69, 9.17) is 20.8 Å². The number of aliphatic hydroxyl groups is 2. The van der Waals surface area contributed by atoms with Crippen molar-refractivity contribution in [2.45, 2.75) is 60.3 Å². The monoisotopic (exact) mass is 536 g/mol. The smallest absolute Gasteiger partial charge is 0.273 e. The second kappa shape index (κ2) is 16.4. The highest BCUT2D eigenvalue weighted by Gasteiger charge is 2.24. The zero-order valence-corrected chi connectivity index (χ0v) is 24.6. The van der Waals surface area contributed by atoms with Gasteiger partial charge in [-0.1, -0.05) is 57.8 Å². The third-order valence-corrected chi connectivity index (χ3v) is 6.94. The lowest BCUT2D eigenvalue weighted by molar-refractivity contribution is -0.114. The van der Waals surface area contributed by atoms with Crippen LogP contribution in [0.15, 0.2) is 68.9 Å². The molecule has 0 atom stereocenters. The molecular formula is C31H44N4O4. The van der Waals surface area contributed by atoms with E-state index >= 15 is 0 Å². The number of hydrogen-bond donors (Lipinski definition) is 5. The Morgan fingerprint density at radius 2 is 1.54 bits per heavy atom. The summed E-state index contributed by atoms with van der Waals surface area (Å²) in [6, 6.07) is 8.01. The summed E-state index contributed by atoms with van der Waals surface area (Å²) >= 11 is 0. The fraction of sp³-hybridized carbons (Fsp3) is 0.419. The Kier molecular flexibility index (Phi) is 14.0. The fourth-order valence-corrected chi connectivity index (χ4v) is 4.21. The molecule has 0 spiro atoms. The van der Waals surface area contributed by atoms with Crippen LogP contribution in [0.3, 0.4) is 0 Å². The summed E-state index contributed by atoms with van der Waals surface area (Å²) < 4.78 is 0. The zero-order valence-electron chi connectivity index (χ0n) is 24.6. The van der Waals surface area contributed by atoms with Gasteiger partial charge < -0.3 is 25.8 Å². The van der Waals surface area contributed by atoms with Gasteiger partial charge in [-0.2, -0.15) is 0 Å². The second-order valence-electron chi connectivity index (χ2n) is 9.60. The molecule has 8 heteroatoms. The summed E-state index contributed by atoms with van der Waals surface area (Å²) in [4.78, 5) is 16.5. The number of oxime groups is 1. The molecule has 1 aromatic carbocycles. The SMILES string of the molecule is CC(=N)C(=N)c1ccc(C2=CCC(C)=C(C)C2)cc1.CNC(=O)/C(=N/OC)C1=C(CO)CC(C)=C(C)C1.CO. The summed E-state index contributed by atoms with van der Waals surface area (Å²) in [6.07, 6.45) is 5.66. The number of rotatable bonds is 7. The molecule has 0 radical (unpaired) electrons. The number of allylic oxidation sites excluding steroid dienone is 6. The molecule has 1 aromatic rings. The molecule has 0 aromatic heterocycles. The van der Waals surface area contributed by atoms with Crippen LogP contribution in [0.1, 0.15) is 71.4 Å². The highest BCUT2D eigenvalue weighted by Crippen LogP contribution is 2.31. The van der Waals surface area contributed by atoms with Gasteiger partial charge in [-0.05, 0) is 82.6 Å². The lowest BCUT2D eigenvalue weighted by atomic mass is 9.85. The predicted octanol–water partition coefficient (Wildman–Crippen LogP) is 5.37. The van der Waals surface area contributed by atoms with Crippen molar-refractivity contribution < 1.29 is 19.8 Å². The van der Waals surface area contributed by atoms with Crippen LogP contribution in [0.4, 0.5) is 0 Å². The molecule has 8 nitrogen and oxygen atoms in total. The minimum absolute atomic E-state index is 0.0698. The van der Waals surface area contributed by atoms with Gasteiger partial charge in [0.05, 0.1) is 18.0 Å². The van der Waals surface area contributed by atoms with Crippen molar-refractivity contribution in [1.29, 1.82) is 10.8 Å². The Morgan fingerprint density at radius 1 is 0.974 bits per heavy atom. The van der Waals surface area contributed by atoms with Crippen molar-refractivity contribution in [1.82, 2.24) is 5.32 Å². The van der Waals surface area contributed by atoms with Crippen LogP contribution in [-0.2, 0) is 9.63 Å². The van der Waals surface area contributed by atoms with Crippen LogP contribution in [0, 0.1) is 10.8 Å². The van der Waals surface area contributed by atoms with Crippen LogP contribution in [0.2, 0.25) is 0 Å². The normalized spacial score (nSPS) is 15.4. The zero-order chi connectivity index (χ0) is 29.7. The molecule has 0 bridgehead atoms. The lowest BCUT2D eigenvalue weighted by Crippen LogP contribution is -2.31. The van der Waals surface area contributed by atoms with Gasteiger partial charge in [-0.25, -0.2) is 0 Å². The summed E-state index contributed by atoms with van der Waals surface area (Å²) in [5.41, 5.74) is 11.2. The van der Waals surface area contributed by atoms with Gasteiger partial charge in [0.25, 0.3) is 5.91 Å². The minimum Gasteiger partial charge on any atom is -0.400 e. The molecule has 1 amide bonds. The quantitative estimate of drug-likeness (QED) is 0.182. The second-order valence-corrected chi connectivity index (χ2v) is 9.60. The Labute approximate surface area is 232 Å². The topological polar surface area (TPSA) is 139 Å². The van der Waals surface area contributed by atoms with Gasteiger partial charge in [0.1, 0.15) is 7.11 Å². The third-order valence-electron chi connectivity index (χ3n) is 6.94. The van der Waals surface area contributed by atoms with Gasteiger partial charge in [-0.15, -0.1) is 0 Å². The first-order chi connectivity index (χ1) is 18.5. The maximum Gasteiger partial charge on any atom is 0.273 e. The number of hydrogen-bond acceptors (Lipinski definition) is 7. The molecule has 0 aliphatic heterocycles. The Morgan fingerprint density at radius 3 is 2.03 bits per heavy atom. The Balaban J connectivity index is 0.000000367. The number of aliphatic hydroxyl groups excluding tert-OH is 2. The van der Waals surface area contributed by atoms with Crippen LogP contribution in [-0.4, -0.2) is 61.1 Å². The van der Waals surface area contributed by atoms with Gasteiger partial charge in [0, 0.05) is 19.7 Å². The van der Waals surface area contributed by atoms with Crippen molar-refractivity contribution in [2.24, 2.45) is 5.16 Å². The molecule has 0 saturated carbocycles. The largest absolute Gasteiger partial charge is 0.400 e. The van der Waals surface area contributed by atoms with E-state index in [1.54, 1.807) is 14.0 Å².